The monoisotopic (exact) mass is 1080 g/mol. The maximum absolute atomic E-state index is 2.82. The zero-order valence-corrected chi connectivity index (χ0v) is 51.7. The van der Waals surface area contributed by atoms with E-state index in [9.17, 15) is 0 Å². The Morgan fingerprint density at radius 3 is 1.54 bits per heavy atom. The van der Waals surface area contributed by atoms with Crippen molar-refractivity contribution < 1.29 is 0 Å². The molecule has 0 spiro atoms. The lowest BCUT2D eigenvalue weighted by molar-refractivity contribution is 0.281. The minimum absolute atomic E-state index is 0.00271. The van der Waals surface area contributed by atoms with Gasteiger partial charge in [0.15, 0.2) is 0 Å². The third kappa shape index (κ3) is 8.04. The van der Waals surface area contributed by atoms with Gasteiger partial charge in [0, 0.05) is 50.8 Å². The molecule has 3 heterocycles. The summed E-state index contributed by atoms with van der Waals surface area (Å²) >= 11 is 0. The molecule has 0 radical (unpaired) electrons. The zero-order chi connectivity index (χ0) is 58.0. The summed E-state index contributed by atoms with van der Waals surface area (Å²) in [6, 6.07) is 76.7. The van der Waals surface area contributed by atoms with Crippen molar-refractivity contribution in [3.05, 3.63) is 244 Å². The Kier molecular flexibility index (Phi) is 11.7. The molecule has 416 valence electrons. The number of hydrogen-bond donors (Lipinski definition) is 0. The second-order valence-corrected chi connectivity index (χ2v) is 29.9. The molecule has 4 heteroatoms. The summed E-state index contributed by atoms with van der Waals surface area (Å²) in [4.78, 5) is 8.24. The Labute approximate surface area is 496 Å². The molecule has 9 aromatic carbocycles. The summed E-state index contributed by atoms with van der Waals surface area (Å²) in [5.74, 6) is 0. The highest BCUT2D eigenvalue weighted by Gasteiger charge is 2.62. The molecule has 2 aliphatic carbocycles. The highest BCUT2D eigenvalue weighted by Crippen LogP contribution is 2.64. The molecule has 83 heavy (non-hydrogen) atoms. The number of para-hydroxylation sites is 1. The lowest BCUT2D eigenvalue weighted by atomic mass is 9.33. The van der Waals surface area contributed by atoms with E-state index in [0.29, 0.717) is 0 Å². The van der Waals surface area contributed by atoms with Gasteiger partial charge in [0.1, 0.15) is 0 Å². The van der Waals surface area contributed by atoms with Crippen molar-refractivity contribution in [3.63, 3.8) is 0 Å². The molecule has 0 saturated heterocycles. The Morgan fingerprint density at radius 1 is 0.386 bits per heavy atom. The van der Waals surface area contributed by atoms with Crippen LogP contribution in [0.5, 0.6) is 0 Å². The first-order valence-electron chi connectivity index (χ1n) is 30.8. The van der Waals surface area contributed by atoms with Crippen LogP contribution in [0.15, 0.2) is 194 Å². The molecule has 9 aromatic rings. The average Bonchev–Trinajstić information content (AvgIpc) is 1.70. The number of anilines is 8. The maximum Gasteiger partial charge on any atom is 0.252 e. The fourth-order valence-electron chi connectivity index (χ4n) is 15.9. The summed E-state index contributed by atoms with van der Waals surface area (Å²) in [5, 5.41) is 0. The van der Waals surface area contributed by atoms with E-state index in [-0.39, 0.29) is 39.2 Å². The highest BCUT2D eigenvalue weighted by molar-refractivity contribution is 7.00. The molecule has 2 unspecified atom stereocenters. The van der Waals surface area contributed by atoms with E-state index in [0.717, 1.165) is 25.7 Å². The van der Waals surface area contributed by atoms with Gasteiger partial charge in [-0.15, -0.1) is 0 Å². The van der Waals surface area contributed by atoms with E-state index in [2.05, 4.69) is 306 Å². The van der Waals surface area contributed by atoms with Crippen LogP contribution in [0, 0.1) is 0 Å². The minimum atomic E-state index is -0.421. The summed E-state index contributed by atoms with van der Waals surface area (Å²) in [6.45, 7) is 33.7. The van der Waals surface area contributed by atoms with Gasteiger partial charge in [-0.1, -0.05) is 230 Å². The van der Waals surface area contributed by atoms with Crippen LogP contribution in [-0.4, -0.2) is 12.3 Å². The molecule has 0 aromatic heterocycles. The molecule has 3 aliphatic heterocycles. The lowest BCUT2D eigenvalue weighted by Gasteiger charge is -2.53. The number of fused-ring (bicyclic) bond motifs is 9. The maximum atomic E-state index is 2.82. The zero-order valence-electron chi connectivity index (χ0n) is 51.7. The normalized spacial score (nSPS) is 19.9. The summed E-state index contributed by atoms with van der Waals surface area (Å²) in [7, 11) is 0. The Bertz CT molecular complexity index is 4070. The average molecular weight is 1080 g/mol. The number of benzene rings is 9. The van der Waals surface area contributed by atoms with Gasteiger partial charge in [-0.25, -0.2) is 0 Å². The SMILES string of the molecule is CC(C)(C)c1ccc(N2c3ccc(C(C)(C)C)cc3B3c4cc5c(cc4N(c4ccc(C(C)(C)C)cc4-c4ccccc4)c4cc(N6c7ccccc7C7(c8ccccc8)Cc8ccccc8CC67C)cc2c43)C(C)(C)CCC5(C)C)cc1. The third-order valence-corrected chi connectivity index (χ3v) is 20.7. The van der Waals surface area contributed by atoms with Crippen molar-refractivity contribution in [2.45, 2.75) is 161 Å². The Balaban J connectivity index is 1.16. The van der Waals surface area contributed by atoms with Crippen LogP contribution in [0.1, 0.15) is 160 Å². The summed E-state index contributed by atoms with van der Waals surface area (Å²) in [5.41, 5.74) is 28.1. The first-order valence-corrected chi connectivity index (χ1v) is 30.8. The van der Waals surface area contributed by atoms with E-state index in [1.807, 2.05) is 0 Å². The Hall–Kier alpha value is -7.56. The van der Waals surface area contributed by atoms with Crippen LogP contribution < -0.4 is 31.1 Å². The van der Waals surface area contributed by atoms with Crippen LogP contribution in [-0.2, 0) is 45.3 Å². The molecule has 0 bridgehead atoms. The topological polar surface area (TPSA) is 9.72 Å². The fourth-order valence-corrected chi connectivity index (χ4v) is 15.9. The van der Waals surface area contributed by atoms with Crippen molar-refractivity contribution in [2.24, 2.45) is 0 Å². The van der Waals surface area contributed by atoms with Gasteiger partial charge in [-0.05, 0) is 186 Å². The van der Waals surface area contributed by atoms with Crippen LogP contribution >= 0.6 is 0 Å². The smallest absolute Gasteiger partial charge is 0.252 e. The van der Waals surface area contributed by atoms with Gasteiger partial charge in [-0.2, -0.15) is 0 Å². The van der Waals surface area contributed by atoms with Crippen LogP contribution in [0.3, 0.4) is 0 Å². The molecular weight excluding hydrogens is 1000 g/mol. The van der Waals surface area contributed by atoms with Gasteiger partial charge in [0.2, 0.25) is 0 Å². The summed E-state index contributed by atoms with van der Waals surface area (Å²) < 4.78 is 0. The standard InChI is InChI=1S/C79H82BN3/c1-73(2,3)54-33-37-58(38-34-54)81-68-40-36-57(75(7,8)9)44-64(68)80-65-47-62-63(77(12,13)42-41-76(62,10)11)48-69(65)82(66-39-35-56(74(4,5)6)43-60(66)51-25-17-15-18-26-51)71-46-59(45-70(81)72(71)80)83-67-32-24-23-31-61(67)79(55-29-19-16-20-30-55)50-53-28-22-21-27-52(53)49-78(79,83)14/h15-40,43-48H,41-42,49-50H2,1-14H3. The quantitative estimate of drug-likeness (QED) is 0.159. The number of rotatable bonds is 5. The molecule has 2 atom stereocenters. The molecule has 0 fully saturated rings. The fraction of sp³-hybridized carbons (Fsp3) is 0.316. The van der Waals surface area contributed by atoms with E-state index < -0.39 is 5.54 Å². The number of hydrogen-bond acceptors (Lipinski definition) is 3. The van der Waals surface area contributed by atoms with Gasteiger partial charge >= 0.3 is 0 Å². The van der Waals surface area contributed by atoms with Crippen molar-refractivity contribution in [1.82, 2.24) is 0 Å². The van der Waals surface area contributed by atoms with E-state index >= 15 is 0 Å². The first kappa shape index (κ1) is 53.5. The van der Waals surface area contributed by atoms with Crippen LogP contribution in [0.4, 0.5) is 45.5 Å². The summed E-state index contributed by atoms with van der Waals surface area (Å²) in [6.07, 6.45) is 4.07. The molecule has 0 saturated carbocycles. The van der Waals surface area contributed by atoms with Gasteiger partial charge in [-0.3, -0.25) is 0 Å². The second-order valence-electron chi connectivity index (χ2n) is 29.9. The second kappa shape index (κ2) is 18.2. The largest absolute Gasteiger partial charge is 0.334 e. The van der Waals surface area contributed by atoms with E-state index in [1.165, 1.54) is 123 Å². The van der Waals surface area contributed by atoms with E-state index in [4.69, 9.17) is 0 Å². The number of nitrogens with zero attached hydrogens (tertiary/aromatic N) is 3. The highest BCUT2D eigenvalue weighted by atomic mass is 15.3. The molecule has 14 rings (SSSR count). The molecule has 0 N–H and O–H groups in total. The van der Waals surface area contributed by atoms with Crippen LogP contribution in [0.25, 0.3) is 11.1 Å². The molecule has 5 aliphatic rings. The molecule has 0 amide bonds. The van der Waals surface area contributed by atoms with Crippen LogP contribution in [0.2, 0.25) is 0 Å². The van der Waals surface area contributed by atoms with Gasteiger partial charge < -0.3 is 14.7 Å². The third-order valence-electron chi connectivity index (χ3n) is 20.7. The van der Waals surface area contributed by atoms with Crippen molar-refractivity contribution in [1.29, 1.82) is 0 Å². The predicted molar refractivity (Wildman–Crippen MR) is 355 cm³/mol. The van der Waals surface area contributed by atoms with Gasteiger partial charge in [0.05, 0.1) is 11.2 Å². The molecule has 3 nitrogen and oxygen atoms in total. The predicted octanol–water partition coefficient (Wildman–Crippen LogP) is 18.7. The van der Waals surface area contributed by atoms with E-state index in [1.54, 1.807) is 0 Å². The van der Waals surface area contributed by atoms with Crippen molar-refractivity contribution in [2.75, 3.05) is 14.7 Å². The molecular formula is C79H82BN3. The Morgan fingerprint density at radius 2 is 0.904 bits per heavy atom. The first-order chi connectivity index (χ1) is 39.4. The van der Waals surface area contributed by atoms with Crippen molar-refractivity contribution >= 4 is 68.6 Å². The van der Waals surface area contributed by atoms with Gasteiger partial charge in [0.25, 0.3) is 6.71 Å². The lowest BCUT2D eigenvalue weighted by Crippen LogP contribution is -2.62. The van der Waals surface area contributed by atoms with Crippen molar-refractivity contribution in [3.8, 4) is 11.1 Å². The minimum Gasteiger partial charge on any atom is -0.334 e.